The van der Waals surface area contributed by atoms with E-state index in [9.17, 15) is 33.6 Å². The third-order valence-corrected chi connectivity index (χ3v) is 11.1. The molecule has 3 saturated carbocycles. The van der Waals surface area contributed by atoms with E-state index in [0.29, 0.717) is 19.0 Å². The van der Waals surface area contributed by atoms with Crippen molar-refractivity contribution in [2.45, 2.75) is 142 Å². The van der Waals surface area contributed by atoms with Crippen LogP contribution in [-0.4, -0.2) is 89.4 Å². The van der Waals surface area contributed by atoms with E-state index in [1.807, 2.05) is 20.8 Å². The normalized spacial score (nSPS) is 24.5. The SMILES string of the molecule is C/C=C/[C@H](NC(=O)[C@@H]1[C@H]2CCC[C@H]2CN1C(=O)[C@@H](NC(=O)[C@@H](NC(=O)[C@@H](C)NC(=O)CC)C1CCCCC1)C(C)(C)C)C(=O)C(=O)NCC1CC1. The van der Waals surface area contributed by atoms with Crippen molar-refractivity contribution in [3.8, 4) is 0 Å². The molecule has 0 radical (unpaired) electrons. The number of nitrogens with zero attached hydrogens (tertiary/aromatic N) is 1. The number of carbonyl (C=O) groups excluding carboxylic acids is 7. The van der Waals surface area contributed by atoms with E-state index in [0.717, 1.165) is 64.2 Å². The highest BCUT2D eigenvalue weighted by Crippen LogP contribution is 2.43. The first kappa shape index (κ1) is 40.0. The summed E-state index contributed by atoms with van der Waals surface area (Å²) in [6.07, 6.45) is 12.2. The molecule has 7 atom stereocenters. The molecule has 13 heteroatoms. The van der Waals surface area contributed by atoms with Gasteiger partial charge in [-0.05, 0) is 81.5 Å². The largest absolute Gasteiger partial charge is 0.349 e. The predicted molar refractivity (Wildman–Crippen MR) is 192 cm³/mol. The van der Waals surface area contributed by atoms with E-state index in [1.165, 1.54) is 6.08 Å². The molecule has 51 heavy (non-hydrogen) atoms. The van der Waals surface area contributed by atoms with Crippen LogP contribution in [0, 0.1) is 29.1 Å². The minimum absolute atomic E-state index is 0.0906. The van der Waals surface area contributed by atoms with Gasteiger partial charge < -0.3 is 31.5 Å². The molecule has 1 saturated heterocycles. The number of amides is 6. The van der Waals surface area contributed by atoms with Gasteiger partial charge in [-0.1, -0.05) is 65.5 Å². The molecule has 1 heterocycles. The smallest absolute Gasteiger partial charge is 0.289 e. The van der Waals surface area contributed by atoms with E-state index in [4.69, 9.17) is 0 Å². The standard InChI is InChI=1S/C38H60N6O7/c1-7-13-27(31(46)36(50)39-20-23-18-19-23)41-35(49)30-26-17-12-16-25(26)21-44(30)37(51)32(38(4,5)6)43-34(48)29(24-14-10-9-11-15-24)42-33(47)22(3)40-28(45)8-2/h7,13,22-27,29-30,32H,8-12,14-21H2,1-6H3,(H,39,50)(H,40,45)(H,41,49)(H,42,47)(H,43,48)/b13-7+/t22-,25+,26+,27+,29+,30+,32-/m1/s1. The molecule has 6 amide bonds. The maximum absolute atomic E-state index is 14.6. The number of rotatable bonds is 15. The quantitative estimate of drug-likeness (QED) is 0.128. The minimum Gasteiger partial charge on any atom is -0.349 e. The van der Waals surface area contributed by atoms with Crippen molar-refractivity contribution in [3.05, 3.63) is 12.2 Å². The van der Waals surface area contributed by atoms with Gasteiger partial charge in [-0.15, -0.1) is 0 Å². The van der Waals surface area contributed by atoms with Crippen molar-refractivity contribution in [1.82, 2.24) is 31.5 Å². The molecule has 0 unspecified atom stereocenters. The van der Waals surface area contributed by atoms with E-state index in [2.05, 4.69) is 26.6 Å². The molecule has 3 aliphatic carbocycles. The number of hydrogen-bond donors (Lipinski definition) is 5. The molecule has 0 aromatic heterocycles. The Morgan fingerprint density at radius 3 is 2.12 bits per heavy atom. The van der Waals surface area contributed by atoms with Crippen LogP contribution in [0.25, 0.3) is 0 Å². The molecule has 13 nitrogen and oxygen atoms in total. The summed E-state index contributed by atoms with van der Waals surface area (Å²) < 4.78 is 0. The van der Waals surface area contributed by atoms with Gasteiger partial charge in [-0.25, -0.2) is 0 Å². The van der Waals surface area contributed by atoms with Crippen LogP contribution in [0.3, 0.4) is 0 Å². The second-order valence-corrected chi connectivity index (χ2v) is 16.2. The lowest BCUT2D eigenvalue weighted by Crippen LogP contribution is -2.63. The summed E-state index contributed by atoms with van der Waals surface area (Å²) in [5.41, 5.74) is -0.766. The first-order chi connectivity index (χ1) is 24.2. The number of allylic oxidation sites excluding steroid dienone is 1. The van der Waals surface area contributed by atoms with Gasteiger partial charge in [0.1, 0.15) is 30.2 Å². The number of nitrogens with one attached hydrogen (secondary N) is 5. The third kappa shape index (κ3) is 10.4. The topological polar surface area (TPSA) is 183 Å². The second kappa shape index (κ2) is 17.6. The van der Waals surface area contributed by atoms with E-state index in [-0.39, 0.29) is 30.1 Å². The monoisotopic (exact) mass is 712 g/mol. The summed E-state index contributed by atoms with van der Waals surface area (Å²) in [4.78, 5) is 95.5. The summed E-state index contributed by atoms with van der Waals surface area (Å²) >= 11 is 0. The molecule has 0 aromatic rings. The first-order valence-corrected chi connectivity index (χ1v) is 19.1. The molecule has 4 aliphatic rings. The van der Waals surface area contributed by atoms with Gasteiger partial charge in [0.2, 0.25) is 35.3 Å². The Morgan fingerprint density at radius 2 is 1.51 bits per heavy atom. The maximum atomic E-state index is 14.6. The average molecular weight is 713 g/mol. The molecule has 284 valence electrons. The summed E-state index contributed by atoms with van der Waals surface area (Å²) in [5.74, 6) is -3.43. The summed E-state index contributed by atoms with van der Waals surface area (Å²) in [6.45, 7) is 11.3. The number of hydrogen-bond acceptors (Lipinski definition) is 7. The fraction of sp³-hybridized carbons (Fsp3) is 0.763. The Labute approximate surface area is 302 Å². The zero-order chi connectivity index (χ0) is 37.5. The van der Waals surface area contributed by atoms with Crippen LogP contribution in [-0.2, 0) is 33.6 Å². The van der Waals surface area contributed by atoms with Gasteiger partial charge in [0.15, 0.2) is 0 Å². The molecular weight excluding hydrogens is 652 g/mol. The Bertz CT molecular complexity index is 1350. The molecule has 0 aromatic carbocycles. The van der Waals surface area contributed by atoms with E-state index < -0.39 is 70.9 Å². The van der Waals surface area contributed by atoms with Crippen molar-refractivity contribution >= 4 is 41.2 Å². The Balaban J connectivity index is 1.54. The molecular formula is C38H60N6O7. The summed E-state index contributed by atoms with van der Waals surface area (Å²) in [6, 6.07) is -4.84. The van der Waals surface area contributed by atoms with Crippen molar-refractivity contribution < 1.29 is 33.6 Å². The Hall–Kier alpha value is -3.77. The first-order valence-electron chi connectivity index (χ1n) is 19.1. The van der Waals surface area contributed by atoms with Gasteiger partial charge in [0.05, 0.1) is 0 Å². The van der Waals surface area contributed by atoms with Crippen LogP contribution in [0.1, 0.15) is 112 Å². The Kier molecular flexibility index (Phi) is 13.8. The molecule has 0 spiro atoms. The van der Waals surface area contributed by atoms with Gasteiger partial charge in [-0.3, -0.25) is 33.6 Å². The number of ketones is 1. The van der Waals surface area contributed by atoms with E-state index in [1.54, 1.807) is 31.7 Å². The highest BCUT2D eigenvalue weighted by Gasteiger charge is 2.52. The van der Waals surface area contributed by atoms with Gasteiger partial charge >= 0.3 is 0 Å². The Morgan fingerprint density at radius 1 is 0.824 bits per heavy atom. The van der Waals surface area contributed by atoms with Gasteiger partial charge in [0.25, 0.3) is 5.91 Å². The van der Waals surface area contributed by atoms with Crippen LogP contribution < -0.4 is 26.6 Å². The lowest BCUT2D eigenvalue weighted by Gasteiger charge is -2.38. The zero-order valence-electron chi connectivity index (χ0n) is 31.3. The number of fused-ring (bicyclic) bond motifs is 1. The summed E-state index contributed by atoms with van der Waals surface area (Å²) in [5, 5.41) is 14.0. The molecule has 0 bridgehead atoms. The molecule has 1 aliphatic heterocycles. The van der Waals surface area contributed by atoms with Gasteiger partial charge in [0, 0.05) is 19.5 Å². The van der Waals surface area contributed by atoms with Crippen LogP contribution in [0.4, 0.5) is 0 Å². The number of likely N-dealkylation sites (tertiary alicyclic amines) is 1. The second-order valence-electron chi connectivity index (χ2n) is 16.2. The third-order valence-electron chi connectivity index (χ3n) is 11.1. The molecule has 5 N–H and O–H groups in total. The van der Waals surface area contributed by atoms with Crippen LogP contribution in [0.2, 0.25) is 0 Å². The zero-order valence-corrected chi connectivity index (χ0v) is 31.3. The number of carbonyl (C=O) groups is 7. The maximum Gasteiger partial charge on any atom is 0.289 e. The van der Waals surface area contributed by atoms with E-state index >= 15 is 0 Å². The molecule has 4 rings (SSSR count). The van der Waals surface area contributed by atoms with Crippen LogP contribution in [0.15, 0.2) is 12.2 Å². The average Bonchev–Trinajstić information content (AvgIpc) is 3.70. The fourth-order valence-corrected chi connectivity index (χ4v) is 7.89. The van der Waals surface area contributed by atoms with Crippen LogP contribution >= 0.6 is 0 Å². The van der Waals surface area contributed by atoms with Gasteiger partial charge in [-0.2, -0.15) is 0 Å². The highest BCUT2D eigenvalue weighted by atomic mass is 16.2. The van der Waals surface area contributed by atoms with Crippen molar-refractivity contribution in [2.24, 2.45) is 29.1 Å². The summed E-state index contributed by atoms with van der Waals surface area (Å²) in [7, 11) is 0. The lowest BCUT2D eigenvalue weighted by atomic mass is 9.82. The highest BCUT2D eigenvalue weighted by molar-refractivity contribution is 6.39. The van der Waals surface area contributed by atoms with Crippen LogP contribution in [0.5, 0.6) is 0 Å². The fourth-order valence-electron chi connectivity index (χ4n) is 7.89. The van der Waals surface area contributed by atoms with Crippen molar-refractivity contribution in [2.75, 3.05) is 13.1 Å². The van der Waals surface area contributed by atoms with Crippen molar-refractivity contribution in [3.63, 3.8) is 0 Å². The van der Waals surface area contributed by atoms with Crippen molar-refractivity contribution in [1.29, 1.82) is 0 Å². The number of Topliss-reactive ketones (excluding diaryl/α,β-unsaturated/α-hetero) is 1. The lowest BCUT2D eigenvalue weighted by molar-refractivity contribution is -0.146. The minimum atomic E-state index is -1.18. The predicted octanol–water partition coefficient (Wildman–Crippen LogP) is 2.28. The molecule has 4 fully saturated rings.